The van der Waals surface area contributed by atoms with Crippen LogP contribution >= 0.6 is 0 Å². The Morgan fingerprint density at radius 1 is 1.71 bits per heavy atom. The fourth-order valence-electron chi connectivity index (χ4n) is 0. The van der Waals surface area contributed by atoms with Gasteiger partial charge in [-0.1, -0.05) is 13.2 Å². The summed E-state index contributed by atoms with van der Waals surface area (Å²) in [4.78, 5) is 0. The average Bonchev–Trinajstić information content (AvgIpc) is 1.33. The maximum atomic E-state index is 7.86. The Morgan fingerprint density at radius 2 is 1.71 bits per heavy atom. The van der Waals surface area contributed by atoms with Gasteiger partial charge in [0, 0.05) is 0 Å². The van der Waals surface area contributed by atoms with Gasteiger partial charge in [-0.2, -0.15) is 0 Å². The molecule has 0 spiro atoms. The van der Waals surface area contributed by atoms with Crippen molar-refractivity contribution in [2.24, 2.45) is 0 Å². The highest BCUT2D eigenvalue weighted by molar-refractivity contribution is 4.67. The monoisotopic (exact) mass is 102 g/mol. The molecule has 0 bridgehead atoms. The van der Waals surface area contributed by atoms with Crippen LogP contribution in [0.2, 0.25) is 0 Å². The summed E-state index contributed by atoms with van der Waals surface area (Å²) in [6, 6.07) is 0. The zero-order valence-corrected chi connectivity index (χ0v) is 4.39. The van der Waals surface area contributed by atoms with Crippen molar-refractivity contribution in [3.05, 3.63) is 25.2 Å². The van der Waals surface area contributed by atoms with E-state index in [9.17, 15) is 0 Å². The van der Waals surface area contributed by atoms with Gasteiger partial charge >= 0.3 is 0 Å². The van der Waals surface area contributed by atoms with E-state index in [1.807, 2.05) is 0 Å². The Labute approximate surface area is 43.4 Å². The second-order valence-electron chi connectivity index (χ2n) is 0.918. The third kappa shape index (κ3) is 56.9. The molecule has 0 aromatic carbocycles. The van der Waals surface area contributed by atoms with Crippen molar-refractivity contribution in [2.75, 3.05) is 0 Å². The van der Waals surface area contributed by atoms with E-state index in [0.29, 0.717) is 0 Å². The molecule has 2 N–H and O–H groups in total. The van der Waals surface area contributed by atoms with Gasteiger partial charge in [0.05, 0.1) is 12.0 Å². The zero-order chi connectivity index (χ0) is 6.28. The number of aliphatic hydroxyl groups excluding tert-OH is 2. The van der Waals surface area contributed by atoms with Crippen molar-refractivity contribution in [1.82, 2.24) is 0 Å². The molecular formula is C5H10O2. The quantitative estimate of drug-likeness (QED) is 0.457. The first kappa shape index (κ1) is 9.43. The van der Waals surface area contributed by atoms with Gasteiger partial charge in [-0.3, -0.25) is 0 Å². The van der Waals surface area contributed by atoms with Crippen LogP contribution in [-0.2, 0) is 0 Å². The van der Waals surface area contributed by atoms with Crippen molar-refractivity contribution in [3.63, 3.8) is 0 Å². The first-order valence-corrected chi connectivity index (χ1v) is 1.74. The Morgan fingerprint density at radius 3 is 1.71 bits per heavy atom. The van der Waals surface area contributed by atoms with E-state index in [4.69, 9.17) is 10.2 Å². The maximum absolute atomic E-state index is 7.86. The molecule has 0 radical (unpaired) electrons. The van der Waals surface area contributed by atoms with Gasteiger partial charge in [0.2, 0.25) is 0 Å². The molecule has 7 heavy (non-hydrogen) atoms. The molecule has 0 saturated carbocycles. The smallest absolute Gasteiger partial charge is 0.0820 e. The van der Waals surface area contributed by atoms with E-state index in [1.165, 1.54) is 6.92 Å². The van der Waals surface area contributed by atoms with Gasteiger partial charge in [-0.25, -0.2) is 0 Å². The first-order valence-electron chi connectivity index (χ1n) is 1.74. The van der Waals surface area contributed by atoms with Crippen LogP contribution in [0.4, 0.5) is 0 Å². The molecule has 42 valence electrons. The minimum absolute atomic E-state index is 0.167. The lowest BCUT2D eigenvalue weighted by molar-refractivity contribution is 0.417. The van der Waals surface area contributed by atoms with Crippen LogP contribution in [0.5, 0.6) is 0 Å². The summed E-state index contributed by atoms with van der Waals surface area (Å²) < 4.78 is 0. The first-order chi connectivity index (χ1) is 3.15. The molecule has 0 aliphatic heterocycles. The fraction of sp³-hybridized carbons (Fsp3) is 0.200. The Kier molecular flexibility index (Phi) is 12.0. The number of aliphatic hydroxyl groups is 2. The highest BCUT2D eigenvalue weighted by Gasteiger charge is 1.53. The predicted molar refractivity (Wildman–Crippen MR) is 30.3 cm³/mol. The van der Waals surface area contributed by atoms with Gasteiger partial charge in [0.25, 0.3) is 0 Å². The van der Waals surface area contributed by atoms with E-state index in [-0.39, 0.29) is 5.76 Å². The summed E-state index contributed by atoms with van der Waals surface area (Å²) in [6.45, 7) is 7.56. The summed E-state index contributed by atoms with van der Waals surface area (Å²) in [5, 5.41) is 15.2. The Bertz CT molecular complexity index is 53.1. The molecule has 0 aliphatic rings. The zero-order valence-electron chi connectivity index (χ0n) is 4.39. The molecule has 0 aliphatic carbocycles. The van der Waals surface area contributed by atoms with Crippen molar-refractivity contribution >= 4 is 0 Å². The molecule has 0 heterocycles. The molecule has 2 nitrogen and oxygen atoms in total. The summed E-state index contributed by atoms with van der Waals surface area (Å²) >= 11 is 0. The van der Waals surface area contributed by atoms with Crippen LogP contribution in [0, 0.1) is 0 Å². The van der Waals surface area contributed by atoms with Gasteiger partial charge in [-0.05, 0) is 6.92 Å². The van der Waals surface area contributed by atoms with Gasteiger partial charge in [-0.15, -0.1) is 0 Å². The van der Waals surface area contributed by atoms with Crippen LogP contribution in [0.3, 0.4) is 0 Å². The largest absolute Gasteiger partial charge is 0.516 e. The summed E-state index contributed by atoms with van der Waals surface area (Å²) in [7, 11) is 0. The minimum atomic E-state index is 0.167. The second-order valence-corrected chi connectivity index (χ2v) is 0.918. The maximum Gasteiger partial charge on any atom is 0.0820 e. The van der Waals surface area contributed by atoms with Crippen LogP contribution < -0.4 is 0 Å². The van der Waals surface area contributed by atoms with Gasteiger partial charge < -0.3 is 10.2 Å². The molecule has 0 aromatic rings. The molecule has 0 saturated heterocycles. The molecule has 0 rings (SSSR count). The van der Waals surface area contributed by atoms with Crippen LogP contribution in [0.25, 0.3) is 0 Å². The molecule has 0 amide bonds. The third-order valence-electron chi connectivity index (χ3n) is 0. The minimum Gasteiger partial charge on any atom is -0.516 e. The predicted octanol–water partition coefficient (Wildman–Crippen LogP) is 1.77. The normalized spacial score (nSPS) is 5.29. The number of hydrogen-bond acceptors (Lipinski definition) is 2. The summed E-state index contributed by atoms with van der Waals surface area (Å²) in [6.07, 6.45) is 0.750. The summed E-state index contributed by atoms with van der Waals surface area (Å²) in [5.74, 6) is 0.167. The lowest BCUT2D eigenvalue weighted by Gasteiger charge is -1.68. The third-order valence-corrected chi connectivity index (χ3v) is 0. The highest BCUT2D eigenvalue weighted by atomic mass is 16.3. The van der Waals surface area contributed by atoms with E-state index in [1.54, 1.807) is 0 Å². The van der Waals surface area contributed by atoms with Gasteiger partial charge in [0.15, 0.2) is 0 Å². The second kappa shape index (κ2) is 8.91. The highest BCUT2D eigenvalue weighted by Crippen LogP contribution is 1.66. The van der Waals surface area contributed by atoms with Crippen molar-refractivity contribution < 1.29 is 10.2 Å². The standard InChI is InChI=1S/C3H6O.C2H4O/c1-3(2)4;1-2-3/h4H,1H2,2H3;2-3H,1H2. The average molecular weight is 102 g/mol. The van der Waals surface area contributed by atoms with E-state index in [2.05, 4.69) is 13.2 Å². The van der Waals surface area contributed by atoms with Crippen molar-refractivity contribution in [3.8, 4) is 0 Å². The van der Waals surface area contributed by atoms with Crippen LogP contribution in [0.15, 0.2) is 25.2 Å². The lowest BCUT2D eigenvalue weighted by Crippen LogP contribution is -1.54. The molecular weight excluding hydrogens is 92.1 g/mol. The molecule has 2 heteroatoms. The molecule has 0 fully saturated rings. The molecule has 0 atom stereocenters. The summed E-state index contributed by atoms with van der Waals surface area (Å²) in [5.41, 5.74) is 0. The number of rotatable bonds is 0. The van der Waals surface area contributed by atoms with Crippen LogP contribution in [-0.4, -0.2) is 10.2 Å². The van der Waals surface area contributed by atoms with E-state index >= 15 is 0 Å². The van der Waals surface area contributed by atoms with E-state index < -0.39 is 0 Å². The van der Waals surface area contributed by atoms with Crippen molar-refractivity contribution in [2.45, 2.75) is 6.92 Å². The Hall–Kier alpha value is -0.920. The fourth-order valence-corrected chi connectivity index (χ4v) is 0. The van der Waals surface area contributed by atoms with Crippen LogP contribution in [0.1, 0.15) is 6.92 Å². The SMILES string of the molecule is C=C(C)O.C=CO. The van der Waals surface area contributed by atoms with Gasteiger partial charge in [0.1, 0.15) is 0 Å². The number of hydrogen-bond donors (Lipinski definition) is 2. The lowest BCUT2D eigenvalue weighted by atomic mass is 10.7. The Balaban J connectivity index is 0. The number of allylic oxidation sites excluding steroid dienone is 1. The van der Waals surface area contributed by atoms with E-state index in [0.717, 1.165) is 6.26 Å². The molecule has 0 unspecified atom stereocenters. The topological polar surface area (TPSA) is 40.5 Å². The molecule has 0 aromatic heterocycles. The van der Waals surface area contributed by atoms with Crippen molar-refractivity contribution in [1.29, 1.82) is 0 Å².